The fourth-order valence-corrected chi connectivity index (χ4v) is 8.34. The number of aromatic nitrogens is 5. The van der Waals surface area contributed by atoms with Crippen LogP contribution in [0.3, 0.4) is 0 Å². The summed E-state index contributed by atoms with van der Waals surface area (Å²) in [6.45, 7) is 0. The highest BCUT2D eigenvalue weighted by molar-refractivity contribution is 7.26. The van der Waals surface area contributed by atoms with E-state index in [1.807, 2.05) is 84.3 Å². The number of rotatable bonds is 6. The molecule has 0 amide bonds. The Morgan fingerprint density at radius 3 is 1.78 bits per heavy atom. The summed E-state index contributed by atoms with van der Waals surface area (Å²) in [4.78, 5) is 20.4. The minimum Gasteiger partial charge on any atom is -0.294 e. The van der Waals surface area contributed by atoms with Gasteiger partial charge in [-0.1, -0.05) is 127 Å². The first kappa shape index (κ1) is 29.4. The van der Waals surface area contributed by atoms with Gasteiger partial charge in [-0.2, -0.15) is 0 Å². The highest BCUT2D eigenvalue weighted by atomic mass is 32.1. The van der Waals surface area contributed by atoms with E-state index in [-0.39, 0.29) is 0 Å². The molecule has 0 bridgehead atoms. The molecule has 4 heterocycles. The molecule has 0 spiro atoms. The number of nitrogens with zero attached hydrogens (tertiary/aromatic N) is 5. The molecule has 0 atom stereocenters. The predicted octanol–water partition coefficient (Wildman–Crippen LogP) is 11.3. The highest BCUT2D eigenvalue weighted by Gasteiger charge is 2.21. The standard InChI is InChI=1S/C45H29N5S/c1-4-14-29(15-5-1)33-26-32(27-40-47-43(30-16-6-2-7-17-30)49-44(48-40)31-18-8-3-9-19-31)45(46-28-33)50-36-22-12-10-20-34(36)41-37(50)24-25-39-42(41)35-21-11-13-23-38(35)51-39/h1-26,28H,27H2. The number of benzene rings is 6. The lowest BCUT2D eigenvalue weighted by Crippen LogP contribution is -2.08. The minimum absolute atomic E-state index is 0.461. The fourth-order valence-electron chi connectivity index (χ4n) is 7.23. The van der Waals surface area contributed by atoms with Crippen LogP contribution in [0.2, 0.25) is 0 Å². The number of hydrogen-bond donors (Lipinski definition) is 0. The lowest BCUT2D eigenvalue weighted by Gasteiger charge is -2.15. The average molecular weight is 672 g/mol. The summed E-state index contributed by atoms with van der Waals surface area (Å²) >= 11 is 1.85. The molecule has 0 fully saturated rings. The van der Waals surface area contributed by atoms with Crippen LogP contribution in [0.15, 0.2) is 164 Å². The van der Waals surface area contributed by atoms with Gasteiger partial charge in [0.15, 0.2) is 11.6 Å². The normalized spacial score (nSPS) is 11.6. The third-order valence-electron chi connectivity index (χ3n) is 9.53. The second-order valence-corrected chi connectivity index (χ2v) is 13.7. The third kappa shape index (κ3) is 5.07. The second kappa shape index (κ2) is 12.1. The van der Waals surface area contributed by atoms with Gasteiger partial charge in [0.25, 0.3) is 0 Å². The first-order valence-electron chi connectivity index (χ1n) is 17.0. The summed E-state index contributed by atoms with van der Waals surface area (Å²) in [7, 11) is 0. The summed E-state index contributed by atoms with van der Waals surface area (Å²) in [5, 5.41) is 5.03. The molecule has 6 heteroatoms. The fraction of sp³-hybridized carbons (Fsp3) is 0.0222. The van der Waals surface area contributed by atoms with Gasteiger partial charge in [-0.05, 0) is 35.9 Å². The molecule has 0 N–H and O–H groups in total. The van der Waals surface area contributed by atoms with Crippen molar-refractivity contribution in [2.45, 2.75) is 6.42 Å². The van der Waals surface area contributed by atoms with Crippen molar-refractivity contribution >= 4 is 53.3 Å². The molecule has 0 aliphatic carbocycles. The van der Waals surface area contributed by atoms with Crippen LogP contribution in [0.25, 0.3) is 81.7 Å². The number of para-hydroxylation sites is 1. The van der Waals surface area contributed by atoms with E-state index in [9.17, 15) is 0 Å². The average Bonchev–Trinajstić information content (AvgIpc) is 3.74. The van der Waals surface area contributed by atoms with Gasteiger partial charge in [-0.25, -0.2) is 19.9 Å². The van der Waals surface area contributed by atoms with Crippen molar-refractivity contribution in [3.63, 3.8) is 0 Å². The summed E-state index contributed by atoms with van der Waals surface area (Å²) in [6.07, 6.45) is 2.45. The van der Waals surface area contributed by atoms with Gasteiger partial charge in [0.1, 0.15) is 11.6 Å². The van der Waals surface area contributed by atoms with E-state index in [4.69, 9.17) is 19.9 Å². The molecule has 10 rings (SSSR count). The van der Waals surface area contributed by atoms with Gasteiger partial charge in [-0.3, -0.25) is 4.57 Å². The van der Waals surface area contributed by atoms with E-state index in [0.29, 0.717) is 23.9 Å². The van der Waals surface area contributed by atoms with Crippen LogP contribution in [0, 0.1) is 0 Å². The first-order chi connectivity index (χ1) is 25.3. The van der Waals surface area contributed by atoms with Crippen molar-refractivity contribution in [2.75, 3.05) is 0 Å². The second-order valence-electron chi connectivity index (χ2n) is 12.7. The summed E-state index contributed by atoms with van der Waals surface area (Å²) in [5.41, 5.74) is 7.31. The van der Waals surface area contributed by atoms with Crippen LogP contribution < -0.4 is 0 Å². The molecule has 0 saturated carbocycles. The zero-order valence-electron chi connectivity index (χ0n) is 27.4. The molecule has 0 aliphatic rings. The maximum Gasteiger partial charge on any atom is 0.163 e. The maximum absolute atomic E-state index is 5.28. The molecule has 51 heavy (non-hydrogen) atoms. The van der Waals surface area contributed by atoms with Gasteiger partial charge >= 0.3 is 0 Å². The van der Waals surface area contributed by atoms with E-state index < -0.39 is 0 Å². The molecule has 0 radical (unpaired) electrons. The predicted molar refractivity (Wildman–Crippen MR) is 210 cm³/mol. The molecule has 10 aromatic rings. The lowest BCUT2D eigenvalue weighted by molar-refractivity contribution is 0.914. The van der Waals surface area contributed by atoms with Gasteiger partial charge < -0.3 is 0 Å². The largest absolute Gasteiger partial charge is 0.294 e. The summed E-state index contributed by atoms with van der Waals surface area (Å²) in [6, 6.07) is 54.9. The van der Waals surface area contributed by atoms with Crippen LogP contribution >= 0.6 is 11.3 Å². The van der Waals surface area contributed by atoms with Crippen molar-refractivity contribution in [3.05, 3.63) is 175 Å². The van der Waals surface area contributed by atoms with Crippen LogP contribution in [-0.2, 0) is 6.42 Å². The molecular formula is C45H29N5S. The molecule has 0 unspecified atom stereocenters. The Labute approximate surface area is 298 Å². The van der Waals surface area contributed by atoms with Crippen LogP contribution in [0.4, 0.5) is 0 Å². The third-order valence-corrected chi connectivity index (χ3v) is 10.7. The van der Waals surface area contributed by atoms with Crippen LogP contribution in [-0.4, -0.2) is 24.5 Å². The SMILES string of the molecule is c1ccc(-c2cnc(-n3c4ccccc4c4c5c(ccc43)sc3ccccc35)c(Cc3nc(-c4ccccc4)nc(-c4ccccc4)n3)c2)cc1. The zero-order valence-corrected chi connectivity index (χ0v) is 28.3. The van der Waals surface area contributed by atoms with Gasteiger partial charge in [0, 0.05) is 65.8 Å². The number of pyridine rings is 1. The summed E-state index contributed by atoms with van der Waals surface area (Å²) in [5.74, 6) is 2.85. The topological polar surface area (TPSA) is 56.5 Å². The quantitative estimate of drug-likeness (QED) is 0.177. The monoisotopic (exact) mass is 671 g/mol. The molecule has 6 aromatic carbocycles. The van der Waals surface area contributed by atoms with Crippen molar-refractivity contribution in [1.82, 2.24) is 24.5 Å². The molecule has 240 valence electrons. The lowest BCUT2D eigenvalue weighted by atomic mass is 10.0. The Morgan fingerprint density at radius 1 is 0.471 bits per heavy atom. The van der Waals surface area contributed by atoms with Gasteiger partial charge in [0.2, 0.25) is 0 Å². The Hall–Kier alpha value is -6.50. The number of hydrogen-bond acceptors (Lipinski definition) is 5. The van der Waals surface area contributed by atoms with Crippen molar-refractivity contribution in [1.29, 1.82) is 0 Å². The molecule has 0 aliphatic heterocycles. The molecule has 0 saturated heterocycles. The minimum atomic E-state index is 0.461. The van der Waals surface area contributed by atoms with Gasteiger partial charge in [-0.15, -0.1) is 11.3 Å². The summed E-state index contributed by atoms with van der Waals surface area (Å²) < 4.78 is 4.91. The number of fused-ring (bicyclic) bond motifs is 7. The number of thiophene rings is 1. The van der Waals surface area contributed by atoms with E-state index in [0.717, 1.165) is 44.7 Å². The van der Waals surface area contributed by atoms with Crippen molar-refractivity contribution in [2.24, 2.45) is 0 Å². The van der Waals surface area contributed by atoms with Crippen molar-refractivity contribution < 1.29 is 0 Å². The Morgan fingerprint density at radius 2 is 1.08 bits per heavy atom. The Bertz CT molecular complexity index is 2820. The van der Waals surface area contributed by atoms with Crippen LogP contribution in [0.1, 0.15) is 11.4 Å². The zero-order chi connectivity index (χ0) is 33.7. The Kier molecular flexibility index (Phi) is 6.99. The Balaban J connectivity index is 1.23. The van der Waals surface area contributed by atoms with Crippen LogP contribution in [0.5, 0.6) is 0 Å². The van der Waals surface area contributed by atoms with Crippen molar-refractivity contribution in [3.8, 4) is 39.7 Å². The smallest absolute Gasteiger partial charge is 0.163 e. The van der Waals surface area contributed by atoms with Gasteiger partial charge in [0.05, 0.1) is 11.0 Å². The first-order valence-corrected chi connectivity index (χ1v) is 17.8. The highest BCUT2D eigenvalue weighted by Crippen LogP contribution is 2.43. The van der Waals surface area contributed by atoms with E-state index in [2.05, 4.69) is 95.6 Å². The van der Waals surface area contributed by atoms with E-state index >= 15 is 0 Å². The molecule has 5 nitrogen and oxygen atoms in total. The molecular weight excluding hydrogens is 643 g/mol. The maximum atomic E-state index is 5.28. The van der Waals surface area contributed by atoms with E-state index in [1.54, 1.807) is 0 Å². The van der Waals surface area contributed by atoms with E-state index in [1.165, 1.54) is 30.9 Å². The molecule has 4 aromatic heterocycles.